The van der Waals surface area contributed by atoms with Gasteiger partial charge in [0.1, 0.15) is 21.6 Å². The van der Waals surface area contributed by atoms with Gasteiger partial charge in [-0.1, -0.05) is 72.5 Å². The van der Waals surface area contributed by atoms with E-state index in [4.69, 9.17) is 17.2 Å². The maximum Gasteiger partial charge on any atom is 0.267 e. The monoisotopic (exact) mass is 557 g/mol. The van der Waals surface area contributed by atoms with Gasteiger partial charge in [-0.05, 0) is 35.9 Å². The molecule has 0 spiro atoms. The van der Waals surface area contributed by atoms with Crippen molar-refractivity contribution in [3.05, 3.63) is 111 Å². The van der Waals surface area contributed by atoms with Gasteiger partial charge in [-0.25, -0.2) is 9.37 Å². The molecule has 2 aliphatic rings. The van der Waals surface area contributed by atoms with Gasteiger partial charge in [0.05, 0.1) is 22.7 Å². The molecule has 0 aliphatic carbocycles. The number of carbonyl (C=O) groups is 1. The smallest absolute Gasteiger partial charge is 0.267 e. The lowest BCUT2D eigenvalue weighted by Crippen LogP contribution is -2.47. The molecule has 2 aromatic heterocycles. The van der Waals surface area contributed by atoms with E-state index in [1.54, 1.807) is 41.4 Å². The van der Waals surface area contributed by atoms with Crippen molar-refractivity contribution in [3.63, 3.8) is 0 Å². The fourth-order valence-electron chi connectivity index (χ4n) is 4.86. The Morgan fingerprint density at radius 2 is 1.59 bits per heavy atom. The van der Waals surface area contributed by atoms with E-state index in [1.807, 2.05) is 52.3 Å². The highest BCUT2D eigenvalue weighted by Crippen LogP contribution is 2.34. The first-order chi connectivity index (χ1) is 19.0. The third-order valence-corrected chi connectivity index (χ3v) is 8.23. The summed E-state index contributed by atoms with van der Waals surface area (Å²) >= 11 is 6.72. The molecule has 0 bridgehead atoms. The number of aromatic nitrogens is 2. The number of hydrogen-bond acceptors (Lipinski definition) is 7. The normalized spacial score (nSPS) is 17.1. The number of piperazine rings is 1. The van der Waals surface area contributed by atoms with E-state index in [0.29, 0.717) is 64.7 Å². The van der Waals surface area contributed by atoms with Gasteiger partial charge in [0.25, 0.3) is 11.5 Å². The number of fused-ring (bicyclic) bond motifs is 1. The molecule has 2 fully saturated rings. The van der Waals surface area contributed by atoms with Crippen LogP contribution in [-0.4, -0.2) is 50.7 Å². The zero-order chi connectivity index (χ0) is 26.9. The van der Waals surface area contributed by atoms with Crippen molar-refractivity contribution in [2.75, 3.05) is 36.0 Å². The molecule has 1 amide bonds. The van der Waals surface area contributed by atoms with Gasteiger partial charge in [-0.3, -0.25) is 18.9 Å². The van der Waals surface area contributed by atoms with Crippen LogP contribution < -0.4 is 15.4 Å². The number of pyridine rings is 1. The highest BCUT2D eigenvalue weighted by molar-refractivity contribution is 8.26. The number of thiocarbonyl (C=S) groups is 1. The fourth-order valence-corrected chi connectivity index (χ4v) is 6.10. The second-order valence-corrected chi connectivity index (χ2v) is 10.9. The Hall–Kier alpha value is -4.02. The average Bonchev–Trinajstić information content (AvgIpc) is 3.23. The predicted octanol–water partition coefficient (Wildman–Crippen LogP) is 4.56. The summed E-state index contributed by atoms with van der Waals surface area (Å²) in [5.41, 5.74) is 2.11. The molecule has 0 radical (unpaired) electrons. The number of anilines is 2. The van der Waals surface area contributed by atoms with Crippen molar-refractivity contribution < 1.29 is 9.18 Å². The summed E-state index contributed by atoms with van der Waals surface area (Å²) in [6.07, 6.45) is 3.29. The van der Waals surface area contributed by atoms with E-state index >= 15 is 0 Å². The van der Waals surface area contributed by atoms with Crippen LogP contribution in [0.3, 0.4) is 0 Å². The number of thioether (sulfide) groups is 1. The van der Waals surface area contributed by atoms with E-state index in [9.17, 15) is 14.0 Å². The van der Waals surface area contributed by atoms with Gasteiger partial charge in [0.2, 0.25) is 0 Å². The van der Waals surface area contributed by atoms with Crippen molar-refractivity contribution in [3.8, 4) is 0 Å². The van der Waals surface area contributed by atoms with Crippen molar-refractivity contribution >= 4 is 57.4 Å². The highest BCUT2D eigenvalue weighted by atomic mass is 32.2. The molecule has 6 rings (SSSR count). The third-order valence-electron chi connectivity index (χ3n) is 6.85. The van der Waals surface area contributed by atoms with E-state index < -0.39 is 0 Å². The number of carbonyl (C=O) groups excluding carboxylic acids is 1. The third kappa shape index (κ3) is 4.93. The summed E-state index contributed by atoms with van der Waals surface area (Å²) in [5, 5.41) is 0. The quantitative estimate of drug-likeness (QED) is 0.263. The SMILES string of the molecule is O=C1/C(=C\c2c(N3CCN(c4ccccc4F)CC3)nc3ccccn3c2=O)SC(=S)N1Cc1ccccc1. The standard InChI is InChI=1S/C29H24FN5O2S2/c30-22-10-4-5-11-23(22)32-14-16-33(17-15-32)26-21(27(36)34-13-7-6-12-25(34)31-26)18-24-28(37)35(29(38)39-24)19-20-8-2-1-3-9-20/h1-13,18H,14-17,19H2/b24-18+. The van der Waals surface area contributed by atoms with E-state index in [-0.39, 0.29) is 17.3 Å². The lowest BCUT2D eigenvalue weighted by atomic mass is 10.2. The summed E-state index contributed by atoms with van der Waals surface area (Å²) in [4.78, 5) is 37.9. The summed E-state index contributed by atoms with van der Waals surface area (Å²) in [6.45, 7) is 2.58. The van der Waals surface area contributed by atoms with E-state index in [0.717, 1.165) is 5.56 Å². The van der Waals surface area contributed by atoms with Gasteiger partial charge in [0, 0.05) is 32.4 Å². The van der Waals surface area contributed by atoms with Crippen LogP contribution >= 0.6 is 24.0 Å². The highest BCUT2D eigenvalue weighted by Gasteiger charge is 2.33. The Balaban J connectivity index is 1.34. The Kier molecular flexibility index (Phi) is 6.88. The number of halogens is 1. The Morgan fingerprint density at radius 1 is 0.897 bits per heavy atom. The molecule has 7 nitrogen and oxygen atoms in total. The topological polar surface area (TPSA) is 61.2 Å². The molecule has 0 atom stereocenters. The molecule has 0 saturated carbocycles. The molecule has 0 N–H and O–H groups in total. The lowest BCUT2D eigenvalue weighted by Gasteiger charge is -2.37. The molecule has 4 aromatic rings. The summed E-state index contributed by atoms with van der Waals surface area (Å²) in [7, 11) is 0. The van der Waals surface area contributed by atoms with Crippen LogP contribution in [0.1, 0.15) is 11.1 Å². The molecular formula is C29H24FN5O2S2. The van der Waals surface area contributed by atoms with Crippen LogP contribution in [0.2, 0.25) is 0 Å². The number of nitrogens with zero attached hydrogens (tertiary/aromatic N) is 5. The van der Waals surface area contributed by atoms with E-state index in [1.165, 1.54) is 22.2 Å². The molecule has 39 heavy (non-hydrogen) atoms. The van der Waals surface area contributed by atoms with Crippen LogP contribution in [0.25, 0.3) is 11.7 Å². The van der Waals surface area contributed by atoms with Crippen molar-refractivity contribution in [2.24, 2.45) is 0 Å². The molecule has 2 aromatic carbocycles. The minimum atomic E-state index is -0.263. The van der Waals surface area contributed by atoms with Crippen LogP contribution in [0.15, 0.2) is 88.7 Å². The predicted molar refractivity (Wildman–Crippen MR) is 157 cm³/mol. The Labute approximate surface area is 234 Å². The molecule has 10 heteroatoms. The van der Waals surface area contributed by atoms with Crippen LogP contribution in [0.4, 0.5) is 15.9 Å². The lowest BCUT2D eigenvalue weighted by molar-refractivity contribution is -0.122. The second kappa shape index (κ2) is 10.6. The molecule has 2 aliphatic heterocycles. The Morgan fingerprint density at radius 3 is 2.36 bits per heavy atom. The summed E-state index contributed by atoms with van der Waals surface area (Å²) < 4.78 is 16.3. The van der Waals surface area contributed by atoms with Crippen LogP contribution in [-0.2, 0) is 11.3 Å². The first-order valence-electron chi connectivity index (χ1n) is 12.5. The first-order valence-corrected chi connectivity index (χ1v) is 13.8. The molecule has 4 heterocycles. The van der Waals surface area contributed by atoms with Gasteiger partial charge in [-0.2, -0.15) is 0 Å². The number of hydrogen-bond donors (Lipinski definition) is 0. The zero-order valence-electron chi connectivity index (χ0n) is 20.9. The van der Waals surface area contributed by atoms with E-state index in [2.05, 4.69) is 0 Å². The first kappa shape index (κ1) is 25.3. The van der Waals surface area contributed by atoms with Crippen molar-refractivity contribution in [1.82, 2.24) is 14.3 Å². The minimum absolute atomic E-state index is 0.235. The van der Waals surface area contributed by atoms with Crippen molar-refractivity contribution in [2.45, 2.75) is 6.54 Å². The molecule has 2 saturated heterocycles. The molecule has 196 valence electrons. The average molecular weight is 558 g/mol. The largest absolute Gasteiger partial charge is 0.366 e. The van der Waals surface area contributed by atoms with Gasteiger partial charge >= 0.3 is 0 Å². The van der Waals surface area contributed by atoms with Gasteiger partial charge in [0.15, 0.2) is 0 Å². The Bertz CT molecular complexity index is 1670. The molecular weight excluding hydrogens is 533 g/mol. The van der Waals surface area contributed by atoms with Gasteiger partial charge < -0.3 is 9.80 Å². The summed E-state index contributed by atoms with van der Waals surface area (Å²) in [5.74, 6) is 0.0145. The zero-order valence-corrected chi connectivity index (χ0v) is 22.5. The fraction of sp³-hybridized carbons (Fsp3) is 0.172. The van der Waals surface area contributed by atoms with Crippen molar-refractivity contribution in [1.29, 1.82) is 0 Å². The maximum absolute atomic E-state index is 14.4. The molecule has 0 unspecified atom stereocenters. The number of benzene rings is 2. The van der Waals surface area contributed by atoms with Crippen LogP contribution in [0.5, 0.6) is 0 Å². The maximum atomic E-state index is 14.4. The summed E-state index contributed by atoms with van der Waals surface area (Å²) in [6, 6.07) is 21.8. The van der Waals surface area contributed by atoms with Gasteiger partial charge in [-0.15, -0.1) is 0 Å². The second-order valence-electron chi connectivity index (χ2n) is 9.26. The number of rotatable bonds is 5. The van der Waals surface area contributed by atoms with Crippen LogP contribution in [0, 0.1) is 5.82 Å². The number of para-hydroxylation sites is 1. The minimum Gasteiger partial charge on any atom is -0.366 e. The number of amides is 1.